The van der Waals surface area contributed by atoms with Gasteiger partial charge in [0, 0.05) is 18.4 Å². The number of ether oxygens (including phenoxy) is 2. The van der Waals surface area contributed by atoms with Crippen molar-refractivity contribution in [1.29, 1.82) is 0 Å². The molecule has 2 aliphatic heterocycles. The van der Waals surface area contributed by atoms with E-state index in [1.54, 1.807) is 0 Å². The first-order chi connectivity index (χ1) is 15.8. The maximum absolute atomic E-state index is 5.99. The van der Waals surface area contributed by atoms with Gasteiger partial charge < -0.3 is 9.47 Å². The number of hydrogen-bond acceptors (Lipinski definition) is 2. The standard InChI is InChI=1S/C17H12O.C13H10O/c1-3-7-14-12(5-1)9-10-17-15(14)11-13-6-2-4-8-16(13)18-17;1-3-7-12-10(5-1)9-11-6-2-4-8-13(11)14-12/h1-10H,11H2;1-8H,9H2. The van der Waals surface area contributed by atoms with E-state index in [0.717, 1.165) is 35.8 Å². The van der Waals surface area contributed by atoms with Crippen LogP contribution < -0.4 is 9.47 Å². The number of para-hydroxylation sites is 3. The summed E-state index contributed by atoms with van der Waals surface area (Å²) < 4.78 is 11.8. The third-order valence-corrected chi connectivity index (χ3v) is 6.10. The van der Waals surface area contributed by atoms with E-state index in [9.17, 15) is 0 Å². The Hall–Kier alpha value is -4.04. The number of rotatable bonds is 0. The predicted octanol–water partition coefficient (Wildman–Crippen LogP) is 7.92. The van der Waals surface area contributed by atoms with Crippen LogP contribution in [-0.2, 0) is 12.8 Å². The molecule has 2 nitrogen and oxygen atoms in total. The van der Waals surface area contributed by atoms with Crippen LogP contribution in [0, 0.1) is 0 Å². The molecule has 0 bridgehead atoms. The summed E-state index contributed by atoms with van der Waals surface area (Å²) in [6.07, 6.45) is 1.93. The molecule has 0 aliphatic carbocycles. The summed E-state index contributed by atoms with van der Waals surface area (Å²) in [6.45, 7) is 0. The molecule has 7 rings (SSSR count). The Kier molecular flexibility index (Phi) is 4.62. The lowest BCUT2D eigenvalue weighted by Crippen LogP contribution is -2.03. The highest BCUT2D eigenvalue weighted by atomic mass is 16.5. The molecule has 5 aromatic carbocycles. The van der Waals surface area contributed by atoms with E-state index in [1.807, 2.05) is 36.4 Å². The molecule has 5 aromatic rings. The zero-order chi connectivity index (χ0) is 21.3. The highest BCUT2D eigenvalue weighted by Gasteiger charge is 2.18. The molecular formula is C30H22O2. The zero-order valence-electron chi connectivity index (χ0n) is 17.6. The van der Waals surface area contributed by atoms with Gasteiger partial charge in [0.05, 0.1) is 0 Å². The summed E-state index contributed by atoms with van der Waals surface area (Å²) in [6, 6.07) is 37.3. The van der Waals surface area contributed by atoms with Crippen LogP contribution in [0.1, 0.15) is 22.3 Å². The highest BCUT2D eigenvalue weighted by Crippen LogP contribution is 2.39. The largest absolute Gasteiger partial charge is 0.457 e. The van der Waals surface area contributed by atoms with Crippen molar-refractivity contribution in [3.05, 3.63) is 131 Å². The molecule has 32 heavy (non-hydrogen) atoms. The van der Waals surface area contributed by atoms with E-state index in [0.29, 0.717) is 0 Å². The van der Waals surface area contributed by atoms with E-state index >= 15 is 0 Å². The van der Waals surface area contributed by atoms with Crippen molar-refractivity contribution in [1.82, 2.24) is 0 Å². The Labute approximate surface area is 187 Å². The number of fused-ring (bicyclic) bond motifs is 6. The fraction of sp³-hybridized carbons (Fsp3) is 0.0667. The Bertz CT molecular complexity index is 1350. The minimum absolute atomic E-state index is 0.951. The van der Waals surface area contributed by atoms with E-state index < -0.39 is 0 Å². The molecule has 0 N–H and O–H groups in total. The average molecular weight is 415 g/mol. The maximum atomic E-state index is 5.99. The third-order valence-electron chi connectivity index (χ3n) is 6.10. The number of benzene rings is 5. The zero-order valence-corrected chi connectivity index (χ0v) is 17.6. The van der Waals surface area contributed by atoms with E-state index in [2.05, 4.69) is 72.8 Å². The fourth-order valence-electron chi connectivity index (χ4n) is 4.47. The quantitative estimate of drug-likeness (QED) is 0.251. The Balaban J connectivity index is 0.000000126. The van der Waals surface area contributed by atoms with Crippen LogP contribution in [0.4, 0.5) is 0 Å². The topological polar surface area (TPSA) is 18.5 Å². The monoisotopic (exact) mass is 414 g/mol. The molecular weight excluding hydrogens is 392 g/mol. The van der Waals surface area contributed by atoms with Gasteiger partial charge in [-0.25, -0.2) is 0 Å². The lowest BCUT2D eigenvalue weighted by Gasteiger charge is -2.21. The van der Waals surface area contributed by atoms with Crippen LogP contribution in [0.5, 0.6) is 23.0 Å². The lowest BCUT2D eigenvalue weighted by molar-refractivity contribution is 0.460. The average Bonchev–Trinajstić information content (AvgIpc) is 2.86. The van der Waals surface area contributed by atoms with Crippen LogP contribution in [0.3, 0.4) is 0 Å². The van der Waals surface area contributed by atoms with Gasteiger partial charge in [0.15, 0.2) is 0 Å². The molecule has 0 unspecified atom stereocenters. The minimum Gasteiger partial charge on any atom is -0.457 e. The van der Waals surface area contributed by atoms with E-state index in [1.165, 1.54) is 33.0 Å². The van der Waals surface area contributed by atoms with Gasteiger partial charge in [-0.15, -0.1) is 0 Å². The molecule has 0 radical (unpaired) electrons. The first-order valence-electron chi connectivity index (χ1n) is 11.0. The van der Waals surface area contributed by atoms with Gasteiger partial charge in [-0.2, -0.15) is 0 Å². The molecule has 0 spiro atoms. The Morgan fingerprint density at radius 2 is 0.906 bits per heavy atom. The van der Waals surface area contributed by atoms with Gasteiger partial charge in [-0.1, -0.05) is 84.9 Å². The van der Waals surface area contributed by atoms with Crippen LogP contribution in [0.2, 0.25) is 0 Å². The molecule has 2 heteroatoms. The summed E-state index contributed by atoms with van der Waals surface area (Å²) in [7, 11) is 0. The second-order valence-corrected chi connectivity index (χ2v) is 8.14. The van der Waals surface area contributed by atoms with Crippen molar-refractivity contribution in [2.24, 2.45) is 0 Å². The molecule has 2 heterocycles. The van der Waals surface area contributed by atoms with E-state index in [4.69, 9.17) is 9.47 Å². The van der Waals surface area contributed by atoms with E-state index in [-0.39, 0.29) is 0 Å². The van der Waals surface area contributed by atoms with Gasteiger partial charge in [-0.05, 0) is 51.7 Å². The summed E-state index contributed by atoms with van der Waals surface area (Å²) in [5.41, 5.74) is 5.10. The van der Waals surface area contributed by atoms with Crippen LogP contribution in [0.25, 0.3) is 10.8 Å². The van der Waals surface area contributed by atoms with Gasteiger partial charge >= 0.3 is 0 Å². The summed E-state index contributed by atoms with van der Waals surface area (Å²) in [4.78, 5) is 0. The Morgan fingerprint density at radius 3 is 1.56 bits per heavy atom. The molecule has 0 saturated carbocycles. The normalized spacial score (nSPS) is 12.6. The first kappa shape index (κ1) is 18.7. The Morgan fingerprint density at radius 1 is 0.406 bits per heavy atom. The second kappa shape index (κ2) is 7.90. The van der Waals surface area contributed by atoms with Gasteiger partial charge in [-0.3, -0.25) is 0 Å². The summed E-state index contributed by atoms with van der Waals surface area (Å²) in [5, 5.41) is 2.57. The second-order valence-electron chi connectivity index (χ2n) is 8.14. The van der Waals surface area contributed by atoms with Crippen molar-refractivity contribution in [2.45, 2.75) is 12.8 Å². The van der Waals surface area contributed by atoms with Crippen molar-refractivity contribution in [3.8, 4) is 23.0 Å². The fourth-order valence-corrected chi connectivity index (χ4v) is 4.47. The minimum atomic E-state index is 0.951. The van der Waals surface area contributed by atoms with Crippen molar-refractivity contribution in [2.75, 3.05) is 0 Å². The molecule has 0 amide bonds. The van der Waals surface area contributed by atoms with Crippen molar-refractivity contribution < 1.29 is 9.47 Å². The van der Waals surface area contributed by atoms with Gasteiger partial charge in [0.2, 0.25) is 0 Å². The highest BCUT2D eigenvalue weighted by molar-refractivity contribution is 5.88. The van der Waals surface area contributed by atoms with Crippen LogP contribution in [0.15, 0.2) is 109 Å². The molecule has 0 fully saturated rings. The maximum Gasteiger partial charge on any atom is 0.131 e. The predicted molar refractivity (Wildman–Crippen MR) is 129 cm³/mol. The molecule has 154 valence electrons. The summed E-state index contributed by atoms with van der Waals surface area (Å²) >= 11 is 0. The molecule has 0 saturated heterocycles. The van der Waals surface area contributed by atoms with Gasteiger partial charge in [0.25, 0.3) is 0 Å². The van der Waals surface area contributed by atoms with Crippen molar-refractivity contribution >= 4 is 10.8 Å². The molecule has 0 aromatic heterocycles. The van der Waals surface area contributed by atoms with Crippen LogP contribution in [-0.4, -0.2) is 0 Å². The smallest absolute Gasteiger partial charge is 0.131 e. The SMILES string of the molecule is c1ccc2c(c1)Cc1c(ccc3ccccc13)O2.c1ccc2c(c1)Cc1ccccc1O2. The molecule has 2 aliphatic rings. The van der Waals surface area contributed by atoms with Crippen molar-refractivity contribution in [3.63, 3.8) is 0 Å². The van der Waals surface area contributed by atoms with Crippen LogP contribution >= 0.6 is 0 Å². The number of hydrogen-bond donors (Lipinski definition) is 0. The van der Waals surface area contributed by atoms with Gasteiger partial charge in [0.1, 0.15) is 23.0 Å². The first-order valence-corrected chi connectivity index (χ1v) is 11.0. The molecule has 0 atom stereocenters. The third kappa shape index (κ3) is 3.40. The summed E-state index contributed by atoms with van der Waals surface area (Å²) in [5.74, 6) is 3.96. The lowest BCUT2D eigenvalue weighted by atomic mass is 9.95.